The van der Waals surface area contributed by atoms with Crippen molar-refractivity contribution < 1.29 is 14.7 Å². The molecule has 1 amide bonds. The summed E-state index contributed by atoms with van der Waals surface area (Å²) in [6, 6.07) is 3.23. The zero-order valence-electron chi connectivity index (χ0n) is 7.10. The summed E-state index contributed by atoms with van der Waals surface area (Å²) in [7, 11) is 0. The Hall–Kier alpha value is -2.04. The third kappa shape index (κ3) is 1.52. The molecular weight excluding hydrogens is 184 g/mol. The minimum Gasteiger partial charge on any atom is -0.481 e. The highest BCUT2D eigenvalue weighted by molar-refractivity contribution is 6.06. The molecule has 1 aliphatic heterocycles. The van der Waals surface area contributed by atoms with E-state index in [2.05, 4.69) is 9.98 Å². The maximum atomic E-state index is 10.9. The first-order valence-electron chi connectivity index (χ1n) is 3.97. The fourth-order valence-electron chi connectivity index (χ4n) is 1.22. The summed E-state index contributed by atoms with van der Waals surface area (Å²) >= 11 is 0. The lowest BCUT2D eigenvalue weighted by atomic mass is 10.2. The van der Waals surface area contributed by atoms with Crippen molar-refractivity contribution in [3.8, 4) is 0 Å². The lowest BCUT2D eigenvalue weighted by Gasteiger charge is -1.93. The highest BCUT2D eigenvalue weighted by atomic mass is 16.4. The summed E-state index contributed by atoms with van der Waals surface area (Å²) in [6.07, 6.45) is 1.21. The lowest BCUT2D eigenvalue weighted by molar-refractivity contribution is -0.136. The number of pyridine rings is 1. The van der Waals surface area contributed by atoms with E-state index in [1.807, 2.05) is 0 Å². The van der Waals surface area contributed by atoms with Gasteiger partial charge in [0.15, 0.2) is 5.49 Å². The third-order valence-electron chi connectivity index (χ3n) is 1.79. The van der Waals surface area contributed by atoms with Crippen molar-refractivity contribution in [1.29, 1.82) is 0 Å². The van der Waals surface area contributed by atoms with E-state index in [0.717, 1.165) is 0 Å². The SMILES string of the molecule is O=C(O)Cc1ccc2c(n1)=NC(=O)C=2. The molecule has 0 radical (unpaired) electrons. The summed E-state index contributed by atoms with van der Waals surface area (Å²) in [5.41, 5.74) is 0.719. The summed E-state index contributed by atoms with van der Waals surface area (Å²) in [4.78, 5) is 28.8. The molecule has 0 bridgehead atoms. The van der Waals surface area contributed by atoms with Gasteiger partial charge in [0.25, 0.3) is 5.91 Å². The predicted molar refractivity (Wildman–Crippen MR) is 45.8 cm³/mol. The van der Waals surface area contributed by atoms with Crippen LogP contribution in [0.3, 0.4) is 0 Å². The van der Waals surface area contributed by atoms with Crippen molar-refractivity contribution in [1.82, 2.24) is 4.98 Å². The van der Waals surface area contributed by atoms with E-state index >= 15 is 0 Å². The van der Waals surface area contributed by atoms with Crippen molar-refractivity contribution >= 4 is 18.0 Å². The number of rotatable bonds is 2. The van der Waals surface area contributed by atoms with E-state index in [9.17, 15) is 9.59 Å². The van der Waals surface area contributed by atoms with Crippen LogP contribution in [-0.4, -0.2) is 22.0 Å². The molecule has 0 atom stereocenters. The fraction of sp³-hybridized carbons (Fsp3) is 0.111. The molecule has 5 nitrogen and oxygen atoms in total. The molecule has 0 aliphatic carbocycles. The Labute approximate surface area is 78.4 Å². The molecule has 2 rings (SSSR count). The van der Waals surface area contributed by atoms with Gasteiger partial charge < -0.3 is 5.11 Å². The number of hydrogen-bond acceptors (Lipinski definition) is 3. The van der Waals surface area contributed by atoms with Crippen LogP contribution in [0.2, 0.25) is 0 Å². The quantitative estimate of drug-likeness (QED) is 0.625. The molecule has 1 aromatic heterocycles. The van der Waals surface area contributed by atoms with Crippen LogP contribution < -0.4 is 10.7 Å². The van der Waals surface area contributed by atoms with E-state index in [4.69, 9.17) is 5.11 Å². The van der Waals surface area contributed by atoms with Crippen LogP contribution in [-0.2, 0) is 16.0 Å². The smallest absolute Gasteiger partial charge is 0.309 e. The van der Waals surface area contributed by atoms with Gasteiger partial charge in [-0.1, -0.05) is 0 Å². The maximum absolute atomic E-state index is 10.9. The van der Waals surface area contributed by atoms with Gasteiger partial charge in [-0.05, 0) is 12.1 Å². The Kier molecular flexibility index (Phi) is 1.85. The Morgan fingerprint density at radius 3 is 2.93 bits per heavy atom. The van der Waals surface area contributed by atoms with Crippen LogP contribution in [0.25, 0.3) is 6.08 Å². The number of fused-ring (bicyclic) bond motifs is 1. The monoisotopic (exact) mass is 190 g/mol. The van der Waals surface area contributed by atoms with Crippen molar-refractivity contribution in [2.75, 3.05) is 0 Å². The van der Waals surface area contributed by atoms with Crippen LogP contribution in [0.1, 0.15) is 5.69 Å². The normalized spacial score (nSPS) is 13.0. The Morgan fingerprint density at radius 2 is 2.21 bits per heavy atom. The number of carbonyl (C=O) groups is 2. The summed E-state index contributed by atoms with van der Waals surface area (Å²) in [6.45, 7) is 0. The number of aromatic nitrogens is 1. The minimum atomic E-state index is -0.953. The molecule has 1 aromatic rings. The van der Waals surface area contributed by atoms with Gasteiger partial charge in [-0.15, -0.1) is 0 Å². The minimum absolute atomic E-state index is 0.156. The average Bonchev–Trinajstić information content (AvgIpc) is 2.42. The summed E-state index contributed by atoms with van der Waals surface area (Å²) in [5.74, 6) is -1.30. The van der Waals surface area contributed by atoms with Crippen LogP contribution in [0.15, 0.2) is 17.1 Å². The van der Waals surface area contributed by atoms with Gasteiger partial charge in [0.1, 0.15) is 0 Å². The van der Waals surface area contributed by atoms with Crippen LogP contribution in [0.4, 0.5) is 0 Å². The molecule has 0 spiro atoms. The predicted octanol–water partition coefficient (Wildman–Crippen LogP) is -1.35. The van der Waals surface area contributed by atoms with Gasteiger partial charge in [0.05, 0.1) is 12.1 Å². The molecule has 0 unspecified atom stereocenters. The molecule has 70 valence electrons. The molecule has 0 saturated carbocycles. The number of hydrogen-bond donors (Lipinski definition) is 1. The second kappa shape index (κ2) is 3.02. The van der Waals surface area contributed by atoms with Crippen molar-refractivity contribution in [3.63, 3.8) is 0 Å². The number of aliphatic carboxylic acids is 1. The van der Waals surface area contributed by atoms with E-state index in [-0.39, 0.29) is 12.3 Å². The number of amides is 1. The van der Waals surface area contributed by atoms with Crippen molar-refractivity contribution in [2.45, 2.75) is 6.42 Å². The standard InChI is InChI=1S/C9H6N2O3/c12-7-3-5-1-2-6(4-8(13)14)10-9(5)11-7/h1-3H,4H2,(H,13,14). The first kappa shape index (κ1) is 8.55. The Morgan fingerprint density at radius 1 is 1.43 bits per heavy atom. The van der Waals surface area contributed by atoms with Crippen LogP contribution in [0, 0.1) is 0 Å². The van der Waals surface area contributed by atoms with E-state index < -0.39 is 5.97 Å². The molecule has 14 heavy (non-hydrogen) atoms. The Balaban J connectivity index is 2.49. The van der Waals surface area contributed by atoms with E-state index in [1.54, 1.807) is 12.1 Å². The zero-order valence-corrected chi connectivity index (χ0v) is 7.10. The zero-order chi connectivity index (χ0) is 10.1. The van der Waals surface area contributed by atoms with Crippen molar-refractivity contribution in [2.24, 2.45) is 4.99 Å². The van der Waals surface area contributed by atoms with E-state index in [0.29, 0.717) is 16.4 Å². The molecule has 5 heteroatoms. The van der Waals surface area contributed by atoms with E-state index in [1.165, 1.54) is 6.08 Å². The third-order valence-corrected chi connectivity index (χ3v) is 1.79. The molecule has 2 heterocycles. The number of carboxylic acid groups (broad SMARTS) is 1. The van der Waals surface area contributed by atoms with Gasteiger partial charge in [0.2, 0.25) is 0 Å². The number of nitrogens with zero attached hydrogens (tertiary/aromatic N) is 2. The molecule has 0 saturated heterocycles. The second-order valence-electron chi connectivity index (χ2n) is 2.88. The maximum Gasteiger partial charge on any atom is 0.309 e. The molecular formula is C9H6N2O3. The average molecular weight is 190 g/mol. The first-order valence-corrected chi connectivity index (χ1v) is 3.97. The number of carboxylic acids is 1. The fourth-order valence-corrected chi connectivity index (χ4v) is 1.22. The lowest BCUT2D eigenvalue weighted by Crippen LogP contribution is -2.26. The molecule has 0 fully saturated rings. The van der Waals surface area contributed by atoms with Gasteiger partial charge in [-0.3, -0.25) is 9.59 Å². The highest BCUT2D eigenvalue weighted by Gasteiger charge is 2.06. The van der Waals surface area contributed by atoms with Gasteiger partial charge in [-0.2, -0.15) is 4.99 Å². The van der Waals surface area contributed by atoms with Crippen molar-refractivity contribution in [3.05, 3.63) is 28.5 Å². The van der Waals surface area contributed by atoms with Gasteiger partial charge in [-0.25, -0.2) is 4.98 Å². The highest BCUT2D eigenvalue weighted by Crippen LogP contribution is 1.91. The molecule has 1 N–H and O–H groups in total. The second-order valence-corrected chi connectivity index (χ2v) is 2.88. The summed E-state index contributed by atoms with van der Waals surface area (Å²) in [5, 5.41) is 9.16. The Bertz CT molecular complexity index is 533. The van der Waals surface area contributed by atoms with Gasteiger partial charge >= 0.3 is 5.97 Å². The summed E-state index contributed by atoms with van der Waals surface area (Å²) < 4.78 is 0. The largest absolute Gasteiger partial charge is 0.481 e. The molecule has 0 aromatic carbocycles. The number of carbonyl (C=O) groups excluding carboxylic acids is 1. The van der Waals surface area contributed by atoms with Crippen LogP contribution in [0.5, 0.6) is 0 Å². The topological polar surface area (TPSA) is 79.6 Å². The van der Waals surface area contributed by atoms with Gasteiger partial charge in [0, 0.05) is 11.3 Å². The molecule has 1 aliphatic rings. The first-order chi connectivity index (χ1) is 6.65. The van der Waals surface area contributed by atoms with Crippen LogP contribution >= 0.6 is 0 Å².